The number of urea groups is 1. The second-order valence-electron chi connectivity index (χ2n) is 11.5. The van der Waals surface area contributed by atoms with Crippen molar-refractivity contribution in [1.82, 2.24) is 19.9 Å². The average molecular weight is 609 g/mol. The van der Waals surface area contributed by atoms with E-state index in [4.69, 9.17) is 0 Å². The Balaban J connectivity index is 1.05. The highest BCUT2D eigenvalue weighted by Crippen LogP contribution is 2.58. The van der Waals surface area contributed by atoms with Crippen LogP contribution in [0.2, 0.25) is 0 Å². The summed E-state index contributed by atoms with van der Waals surface area (Å²) in [5.74, 6) is -0.0106. The fraction of sp³-hybridized carbons (Fsp3) is 0.519. The first-order valence-corrected chi connectivity index (χ1v) is 15.2. The summed E-state index contributed by atoms with van der Waals surface area (Å²) >= 11 is 0. The maximum absolute atomic E-state index is 13.4. The third-order valence-electron chi connectivity index (χ3n) is 8.96. The van der Waals surface area contributed by atoms with Crippen LogP contribution in [0.25, 0.3) is 0 Å². The first-order valence-electron chi connectivity index (χ1n) is 13.8. The number of nitrogens with one attached hydrogen (secondary N) is 3. The molecule has 4 fully saturated rings. The summed E-state index contributed by atoms with van der Waals surface area (Å²) in [7, 11) is -3.89. The molecule has 0 bridgehead atoms. The monoisotopic (exact) mass is 608 g/mol. The van der Waals surface area contributed by atoms with E-state index < -0.39 is 45.3 Å². The van der Waals surface area contributed by atoms with Crippen LogP contribution < -0.4 is 20.9 Å². The van der Waals surface area contributed by atoms with Gasteiger partial charge in [0.05, 0.1) is 22.5 Å². The smallest absolute Gasteiger partial charge is 0.390 e. The molecule has 3 aliphatic heterocycles. The molecule has 11 nitrogen and oxygen atoms in total. The van der Waals surface area contributed by atoms with E-state index in [1.807, 2.05) is 4.90 Å². The van der Waals surface area contributed by atoms with Crippen molar-refractivity contribution < 1.29 is 36.3 Å². The topological polar surface area (TPSA) is 144 Å². The molecule has 1 aliphatic carbocycles. The molecule has 1 aromatic heterocycles. The van der Waals surface area contributed by atoms with Crippen molar-refractivity contribution in [3.63, 3.8) is 0 Å². The van der Waals surface area contributed by atoms with Crippen LogP contribution in [0.15, 0.2) is 47.5 Å². The van der Waals surface area contributed by atoms with E-state index in [1.54, 1.807) is 12.1 Å². The molecular formula is C27H31F3N6O5S. The molecule has 2 aromatic rings. The van der Waals surface area contributed by atoms with Crippen LogP contribution in [0.4, 0.5) is 29.5 Å². The molecule has 6 rings (SSSR count). The first-order chi connectivity index (χ1) is 19.8. The normalized spacial score (nSPS) is 25.7. The van der Waals surface area contributed by atoms with E-state index in [0.29, 0.717) is 31.7 Å². The molecule has 1 saturated carbocycles. The summed E-state index contributed by atoms with van der Waals surface area (Å²) in [6, 6.07) is 8.25. The number of hydrogen-bond acceptors (Lipinski definition) is 8. The predicted octanol–water partition coefficient (Wildman–Crippen LogP) is 2.09. The van der Waals surface area contributed by atoms with Crippen molar-refractivity contribution in [1.29, 1.82) is 0 Å². The number of pyridine rings is 1. The van der Waals surface area contributed by atoms with Crippen molar-refractivity contribution >= 4 is 33.5 Å². The number of sulfonamides is 1. The number of β-amino-alcohol motifs (C(OH)–C–C–N with tert-alkyl or cyclic N) is 1. The lowest BCUT2D eigenvalue weighted by atomic mass is 9.87. The van der Waals surface area contributed by atoms with Crippen LogP contribution >= 0.6 is 0 Å². The van der Waals surface area contributed by atoms with Gasteiger partial charge in [0.1, 0.15) is 11.4 Å². The number of aliphatic hydroxyl groups excluding tert-OH is 1. The quantitative estimate of drug-likeness (QED) is 0.365. The molecular weight excluding hydrogens is 577 g/mol. The van der Waals surface area contributed by atoms with Crippen LogP contribution in [-0.4, -0.2) is 84.8 Å². The van der Waals surface area contributed by atoms with E-state index >= 15 is 0 Å². The maximum Gasteiger partial charge on any atom is 0.398 e. The lowest BCUT2D eigenvalue weighted by molar-refractivity contribution is -0.160. The molecule has 42 heavy (non-hydrogen) atoms. The molecule has 3 saturated heterocycles. The second-order valence-corrected chi connectivity index (χ2v) is 13.4. The Hall–Kier alpha value is -3.43. The Morgan fingerprint density at radius 3 is 2.21 bits per heavy atom. The van der Waals surface area contributed by atoms with Crippen LogP contribution in [0, 0.1) is 0 Å². The van der Waals surface area contributed by atoms with Crippen LogP contribution in [0.3, 0.4) is 0 Å². The number of carbonyl (C=O) groups excluding carboxylic acids is 2. The first kappa shape index (κ1) is 28.7. The number of anilines is 2. The molecule has 4 heterocycles. The minimum atomic E-state index is -4.33. The Kier molecular flexibility index (Phi) is 6.89. The summed E-state index contributed by atoms with van der Waals surface area (Å²) in [5.41, 5.74) is -1.81. The second kappa shape index (κ2) is 10.1. The van der Waals surface area contributed by atoms with E-state index in [2.05, 4.69) is 20.9 Å². The molecule has 2 atom stereocenters. The van der Waals surface area contributed by atoms with Gasteiger partial charge in [0.2, 0.25) is 10.0 Å². The van der Waals surface area contributed by atoms with Gasteiger partial charge < -0.3 is 20.6 Å². The van der Waals surface area contributed by atoms with Gasteiger partial charge in [-0.2, -0.15) is 17.5 Å². The minimum absolute atomic E-state index is 0.0409. The number of amides is 3. The number of piperidine rings is 2. The highest BCUT2D eigenvalue weighted by molar-refractivity contribution is 7.89. The Bertz CT molecular complexity index is 1470. The standard InChI is InChI=1S/C27H31F3N6O5S/c28-27(29,30)25(8-9-25)17-1-6-22(31-15-17)32-20-7-12-36(16-21(20)37)42(40,41)19-4-2-18(3-5-19)35-13-10-26(11-14-35)23(38)33-24(39)34-26/h1-6,15,20-21,37H,7-14,16H2,(H,31,32)(H2,33,34,38,39)/t20-,21+/m1/s1. The molecule has 15 heteroatoms. The van der Waals surface area contributed by atoms with Gasteiger partial charge in [0.25, 0.3) is 5.91 Å². The number of alkyl halides is 3. The predicted molar refractivity (Wildman–Crippen MR) is 145 cm³/mol. The third kappa shape index (κ3) is 4.96. The van der Waals surface area contributed by atoms with Gasteiger partial charge in [-0.25, -0.2) is 18.2 Å². The van der Waals surface area contributed by atoms with Gasteiger partial charge in [0, 0.05) is 38.1 Å². The SMILES string of the molecule is O=C1NC(=O)C2(CCN(c3ccc(S(=O)(=O)N4CC[C@@H](Nc5ccc(C6(C(F)(F)F)CC6)cn5)[C@@H](O)C4)cc3)CC2)N1. The molecule has 4 aliphatic rings. The number of hydrogen-bond donors (Lipinski definition) is 4. The molecule has 1 spiro atoms. The zero-order chi connectivity index (χ0) is 29.9. The van der Waals surface area contributed by atoms with E-state index in [1.165, 1.54) is 34.8 Å². The highest BCUT2D eigenvalue weighted by Gasteiger charge is 2.64. The van der Waals surface area contributed by atoms with Crippen molar-refractivity contribution in [2.75, 3.05) is 36.4 Å². The van der Waals surface area contributed by atoms with Gasteiger partial charge in [-0.3, -0.25) is 10.1 Å². The van der Waals surface area contributed by atoms with Gasteiger partial charge >= 0.3 is 12.2 Å². The number of benzene rings is 1. The van der Waals surface area contributed by atoms with Gasteiger partial charge in [-0.05, 0) is 68.0 Å². The van der Waals surface area contributed by atoms with Crippen LogP contribution in [0.5, 0.6) is 0 Å². The molecule has 1 aromatic carbocycles. The van der Waals surface area contributed by atoms with E-state index in [-0.39, 0.29) is 48.7 Å². The van der Waals surface area contributed by atoms with E-state index in [9.17, 15) is 36.3 Å². The number of aromatic nitrogens is 1. The lowest BCUT2D eigenvalue weighted by Gasteiger charge is -2.38. The van der Waals surface area contributed by atoms with Gasteiger partial charge in [0.15, 0.2) is 0 Å². The molecule has 0 unspecified atom stereocenters. The average Bonchev–Trinajstić information content (AvgIpc) is 3.73. The minimum Gasteiger partial charge on any atom is -0.390 e. The molecule has 4 N–H and O–H groups in total. The van der Waals surface area contributed by atoms with Gasteiger partial charge in [-0.15, -0.1) is 0 Å². The van der Waals surface area contributed by atoms with Crippen molar-refractivity contribution in [2.24, 2.45) is 0 Å². The largest absolute Gasteiger partial charge is 0.398 e. The number of nitrogens with zero attached hydrogens (tertiary/aromatic N) is 3. The van der Waals surface area contributed by atoms with Gasteiger partial charge in [-0.1, -0.05) is 6.07 Å². The van der Waals surface area contributed by atoms with E-state index in [0.717, 1.165) is 5.69 Å². The van der Waals surface area contributed by atoms with Crippen LogP contribution in [-0.2, 0) is 20.2 Å². The fourth-order valence-corrected chi connectivity index (χ4v) is 7.58. The maximum atomic E-state index is 13.4. The Morgan fingerprint density at radius 2 is 1.69 bits per heavy atom. The molecule has 3 amide bonds. The fourth-order valence-electron chi connectivity index (χ4n) is 6.11. The lowest BCUT2D eigenvalue weighted by Crippen LogP contribution is -2.54. The molecule has 0 radical (unpaired) electrons. The number of imide groups is 1. The zero-order valence-corrected chi connectivity index (χ0v) is 23.3. The van der Waals surface area contributed by atoms with Crippen molar-refractivity contribution in [2.45, 2.75) is 66.3 Å². The number of rotatable bonds is 6. The van der Waals surface area contributed by atoms with Crippen molar-refractivity contribution in [3.8, 4) is 0 Å². The third-order valence-corrected chi connectivity index (χ3v) is 10.8. The number of halogens is 3. The Morgan fingerprint density at radius 1 is 1.00 bits per heavy atom. The summed E-state index contributed by atoms with van der Waals surface area (Å²) in [6.07, 6.45) is -2.97. The summed E-state index contributed by atoms with van der Waals surface area (Å²) < 4.78 is 68.0. The van der Waals surface area contributed by atoms with Crippen molar-refractivity contribution in [3.05, 3.63) is 48.2 Å². The highest BCUT2D eigenvalue weighted by atomic mass is 32.2. The summed E-state index contributed by atoms with van der Waals surface area (Å²) in [5, 5.41) is 18.8. The zero-order valence-electron chi connectivity index (χ0n) is 22.5. The Labute approximate surface area is 240 Å². The van der Waals surface area contributed by atoms with Crippen LogP contribution in [0.1, 0.15) is 37.7 Å². The summed E-state index contributed by atoms with van der Waals surface area (Å²) in [6.45, 7) is 0.996. The number of carbonyl (C=O) groups is 2. The molecule has 226 valence electrons. The summed E-state index contributed by atoms with van der Waals surface area (Å²) in [4.78, 5) is 30.0. The number of aliphatic hydroxyl groups is 1.